The Balaban J connectivity index is 1.87. The fraction of sp³-hybridized carbons (Fsp3) is 0.241. The zero-order chi connectivity index (χ0) is 26.1. The number of likely N-dealkylation sites (N-methyl/N-ethyl adjacent to an activating group) is 1. The number of nitrogens with zero attached hydrogens (tertiary/aromatic N) is 4. The smallest absolute Gasteiger partial charge is 0.271 e. The third kappa shape index (κ3) is 4.27. The first-order chi connectivity index (χ1) is 18.0. The van der Waals surface area contributed by atoms with E-state index in [1.807, 2.05) is 75.4 Å². The lowest BCUT2D eigenvalue weighted by Gasteiger charge is -2.30. The van der Waals surface area contributed by atoms with E-state index in [1.54, 1.807) is 29.0 Å². The Labute approximate surface area is 218 Å². The molecule has 0 unspecified atom stereocenters. The van der Waals surface area contributed by atoms with E-state index in [-0.39, 0.29) is 11.5 Å². The number of ether oxygens (including phenoxy) is 1. The maximum Gasteiger partial charge on any atom is 0.271 e. The molecule has 0 fully saturated rings. The Morgan fingerprint density at radius 2 is 1.84 bits per heavy atom. The first kappa shape index (κ1) is 24.6. The van der Waals surface area contributed by atoms with Crippen molar-refractivity contribution in [2.45, 2.75) is 26.8 Å². The minimum Gasteiger partial charge on any atom is -0.496 e. The van der Waals surface area contributed by atoms with Crippen LogP contribution in [-0.2, 0) is 4.79 Å². The minimum absolute atomic E-state index is 0.130. The monoisotopic (exact) mass is 512 g/mol. The van der Waals surface area contributed by atoms with E-state index >= 15 is 0 Å². The lowest BCUT2D eigenvalue weighted by Crippen LogP contribution is -2.43. The minimum atomic E-state index is -0.690. The maximum atomic E-state index is 14.0. The molecule has 2 aromatic heterocycles. The first-order valence-corrected chi connectivity index (χ1v) is 13.1. The van der Waals surface area contributed by atoms with Crippen molar-refractivity contribution in [2.75, 3.05) is 20.2 Å². The second-order valence-electron chi connectivity index (χ2n) is 8.74. The van der Waals surface area contributed by atoms with Crippen LogP contribution in [0.1, 0.15) is 37.9 Å². The molecule has 1 aliphatic rings. The molecule has 4 aromatic rings. The number of carbonyl (C=O) groups excluding carboxylic acids is 1. The van der Waals surface area contributed by atoms with Crippen LogP contribution in [0.3, 0.4) is 0 Å². The number of hydrogen-bond acceptors (Lipinski definition) is 6. The molecule has 2 aromatic carbocycles. The fourth-order valence-corrected chi connectivity index (χ4v) is 5.94. The predicted molar refractivity (Wildman–Crippen MR) is 146 cm³/mol. The number of pyridine rings is 1. The highest BCUT2D eigenvalue weighted by molar-refractivity contribution is 7.07. The van der Waals surface area contributed by atoms with Crippen LogP contribution in [0.2, 0.25) is 0 Å². The van der Waals surface area contributed by atoms with Gasteiger partial charge in [0.2, 0.25) is 0 Å². The summed E-state index contributed by atoms with van der Waals surface area (Å²) in [7, 11) is 1.61. The summed E-state index contributed by atoms with van der Waals surface area (Å²) in [6.07, 6.45) is 5.23. The number of fused-ring (bicyclic) bond motifs is 2. The van der Waals surface area contributed by atoms with Crippen molar-refractivity contribution >= 4 is 34.1 Å². The average molecular weight is 513 g/mol. The van der Waals surface area contributed by atoms with E-state index in [1.165, 1.54) is 11.3 Å². The third-order valence-corrected chi connectivity index (χ3v) is 7.71. The van der Waals surface area contributed by atoms with Crippen LogP contribution in [0, 0.1) is 0 Å². The molecule has 0 spiro atoms. The van der Waals surface area contributed by atoms with Crippen molar-refractivity contribution < 1.29 is 9.53 Å². The van der Waals surface area contributed by atoms with Crippen LogP contribution in [0.5, 0.6) is 5.75 Å². The van der Waals surface area contributed by atoms with Gasteiger partial charge in [0.15, 0.2) is 4.80 Å². The molecule has 5 rings (SSSR count). The van der Waals surface area contributed by atoms with Crippen molar-refractivity contribution in [3.05, 3.63) is 103 Å². The van der Waals surface area contributed by atoms with Gasteiger partial charge in [-0.3, -0.25) is 19.1 Å². The van der Waals surface area contributed by atoms with Gasteiger partial charge in [0.1, 0.15) is 11.8 Å². The summed E-state index contributed by atoms with van der Waals surface area (Å²) in [5.41, 5.74) is 2.55. The summed E-state index contributed by atoms with van der Waals surface area (Å²) in [6, 6.07) is 14.9. The molecule has 1 atom stereocenters. The number of carbonyl (C=O) groups is 1. The number of rotatable bonds is 6. The van der Waals surface area contributed by atoms with Gasteiger partial charge in [-0.15, -0.1) is 0 Å². The summed E-state index contributed by atoms with van der Waals surface area (Å²) in [5, 5.41) is 1.93. The molecule has 1 aliphatic heterocycles. The number of amides is 1. The molecular formula is C29H28N4O3S. The van der Waals surface area contributed by atoms with Crippen LogP contribution in [-0.4, -0.2) is 40.6 Å². The Hall–Kier alpha value is -4.04. The van der Waals surface area contributed by atoms with Gasteiger partial charge in [0.25, 0.3) is 11.5 Å². The van der Waals surface area contributed by atoms with Gasteiger partial charge in [0.05, 0.1) is 22.9 Å². The molecule has 0 bridgehead atoms. The zero-order valence-corrected chi connectivity index (χ0v) is 22.1. The van der Waals surface area contributed by atoms with E-state index in [0.29, 0.717) is 39.4 Å². The summed E-state index contributed by atoms with van der Waals surface area (Å²) in [4.78, 5) is 39.1. The van der Waals surface area contributed by atoms with Crippen LogP contribution < -0.4 is 19.6 Å². The number of aromatic nitrogens is 2. The molecule has 8 heteroatoms. The summed E-state index contributed by atoms with van der Waals surface area (Å²) in [5.74, 6) is 0.488. The second-order valence-corrected chi connectivity index (χ2v) is 9.75. The second kappa shape index (κ2) is 10.1. The van der Waals surface area contributed by atoms with E-state index < -0.39 is 6.04 Å². The Bertz CT molecular complexity index is 1700. The fourth-order valence-electron chi connectivity index (χ4n) is 4.90. The Kier molecular flexibility index (Phi) is 6.76. The lowest BCUT2D eigenvalue weighted by atomic mass is 9.90. The molecule has 37 heavy (non-hydrogen) atoms. The molecule has 0 aliphatic carbocycles. The highest BCUT2D eigenvalue weighted by Gasteiger charge is 2.36. The van der Waals surface area contributed by atoms with Gasteiger partial charge >= 0.3 is 0 Å². The van der Waals surface area contributed by atoms with Gasteiger partial charge in [-0.25, -0.2) is 4.99 Å². The van der Waals surface area contributed by atoms with Crippen molar-refractivity contribution in [3.63, 3.8) is 0 Å². The Morgan fingerprint density at radius 1 is 1.11 bits per heavy atom. The van der Waals surface area contributed by atoms with Gasteiger partial charge in [-0.2, -0.15) is 0 Å². The SMILES string of the molecule is CCN(CC)C(=O)C1=C(C)N=c2s/c(=C/c3ccncc3)c(=O)n2[C@H]1c1c(OC)ccc2ccccc12. The number of benzene rings is 2. The number of thiazole rings is 1. The van der Waals surface area contributed by atoms with Crippen LogP contribution in [0.4, 0.5) is 0 Å². The number of allylic oxidation sites excluding steroid dienone is 1. The molecule has 0 radical (unpaired) electrons. The molecule has 0 saturated heterocycles. The van der Waals surface area contributed by atoms with Gasteiger partial charge in [-0.05, 0) is 61.4 Å². The van der Waals surface area contributed by atoms with Gasteiger partial charge in [0, 0.05) is 31.0 Å². The topological polar surface area (TPSA) is 76.8 Å². The standard InChI is InChI=1S/C29H28N4O3S/c1-5-32(6-2)28(35)24-18(3)31-29-33(27(34)23(37-29)17-19-13-15-30-16-14-19)26(24)25-21-10-8-7-9-20(21)11-12-22(25)36-4/h7-17,26H,5-6H2,1-4H3/b23-17+/t26-/m1/s1. The normalized spacial score (nSPS) is 15.5. The van der Waals surface area contributed by atoms with E-state index in [9.17, 15) is 9.59 Å². The van der Waals surface area contributed by atoms with Gasteiger partial charge < -0.3 is 9.64 Å². The average Bonchev–Trinajstić information content (AvgIpc) is 3.22. The van der Waals surface area contributed by atoms with Crippen molar-refractivity contribution in [1.29, 1.82) is 0 Å². The first-order valence-electron chi connectivity index (χ1n) is 12.3. The van der Waals surface area contributed by atoms with Crippen LogP contribution in [0.25, 0.3) is 16.8 Å². The maximum absolute atomic E-state index is 14.0. The third-order valence-electron chi connectivity index (χ3n) is 6.73. The molecule has 0 saturated carbocycles. The van der Waals surface area contributed by atoms with Crippen molar-refractivity contribution in [2.24, 2.45) is 4.99 Å². The van der Waals surface area contributed by atoms with Crippen molar-refractivity contribution in [1.82, 2.24) is 14.5 Å². The van der Waals surface area contributed by atoms with E-state index in [2.05, 4.69) is 4.98 Å². The highest BCUT2D eigenvalue weighted by Crippen LogP contribution is 2.40. The largest absolute Gasteiger partial charge is 0.496 e. The Morgan fingerprint density at radius 3 is 2.54 bits per heavy atom. The zero-order valence-electron chi connectivity index (χ0n) is 21.3. The van der Waals surface area contributed by atoms with E-state index in [0.717, 1.165) is 21.9 Å². The number of methoxy groups -OCH3 is 1. The van der Waals surface area contributed by atoms with Crippen LogP contribution >= 0.6 is 11.3 Å². The highest BCUT2D eigenvalue weighted by atomic mass is 32.1. The molecule has 1 amide bonds. The van der Waals surface area contributed by atoms with Crippen LogP contribution in [0.15, 0.2) is 82.0 Å². The molecule has 0 N–H and O–H groups in total. The lowest BCUT2D eigenvalue weighted by molar-refractivity contribution is -0.127. The molecule has 3 heterocycles. The number of hydrogen-bond donors (Lipinski definition) is 0. The molecule has 7 nitrogen and oxygen atoms in total. The molecule has 188 valence electrons. The summed E-state index contributed by atoms with van der Waals surface area (Å²) >= 11 is 1.32. The van der Waals surface area contributed by atoms with Crippen molar-refractivity contribution in [3.8, 4) is 5.75 Å². The summed E-state index contributed by atoms with van der Waals surface area (Å²) < 4.78 is 8.03. The summed E-state index contributed by atoms with van der Waals surface area (Å²) in [6.45, 7) is 6.86. The predicted octanol–water partition coefficient (Wildman–Crippen LogP) is 3.66. The quantitative estimate of drug-likeness (QED) is 0.395. The van der Waals surface area contributed by atoms with E-state index in [4.69, 9.17) is 9.73 Å². The molecular weight excluding hydrogens is 484 g/mol. The van der Waals surface area contributed by atoms with Gasteiger partial charge in [-0.1, -0.05) is 41.7 Å².